The molecular weight excluding hydrogens is 382 g/mol. The zero-order chi connectivity index (χ0) is 19.3. The molecule has 0 heterocycles. The van der Waals surface area contributed by atoms with E-state index in [-0.39, 0.29) is 21.4 Å². The molecule has 136 valence electrons. The number of nitrogens with one attached hydrogen (secondary N) is 2. The second-order valence-electron chi connectivity index (χ2n) is 4.87. The number of benzene rings is 2. The van der Waals surface area contributed by atoms with Crippen LogP contribution in [0.2, 0.25) is 5.02 Å². The summed E-state index contributed by atoms with van der Waals surface area (Å²) in [6, 6.07) is 8.96. The molecule has 0 unspecified atom stereocenters. The molecule has 8 nitrogen and oxygen atoms in total. The predicted octanol–water partition coefficient (Wildman–Crippen LogP) is 3.39. The summed E-state index contributed by atoms with van der Waals surface area (Å²) < 4.78 is 10.3. The Kier molecular flexibility index (Phi) is 6.31. The number of thiocarbonyl (C=S) groups is 1. The molecule has 2 rings (SSSR count). The topological polar surface area (TPSA) is 103 Å². The Labute approximate surface area is 159 Å². The van der Waals surface area contributed by atoms with E-state index in [0.29, 0.717) is 17.2 Å². The van der Waals surface area contributed by atoms with Crippen LogP contribution >= 0.6 is 23.8 Å². The molecule has 0 radical (unpaired) electrons. The first-order valence-electron chi connectivity index (χ1n) is 7.14. The summed E-state index contributed by atoms with van der Waals surface area (Å²) in [7, 11) is 2.85. The van der Waals surface area contributed by atoms with Crippen LogP contribution in [0.3, 0.4) is 0 Å². The van der Waals surface area contributed by atoms with Crippen LogP contribution in [0.5, 0.6) is 11.5 Å². The number of nitrogens with zero attached hydrogens (tertiary/aromatic N) is 1. The van der Waals surface area contributed by atoms with Gasteiger partial charge < -0.3 is 14.8 Å². The summed E-state index contributed by atoms with van der Waals surface area (Å²) in [4.78, 5) is 22.8. The third-order valence-corrected chi connectivity index (χ3v) is 3.81. The molecule has 10 heteroatoms. The van der Waals surface area contributed by atoms with Crippen molar-refractivity contribution in [2.45, 2.75) is 0 Å². The van der Waals surface area contributed by atoms with Crippen LogP contribution in [-0.4, -0.2) is 30.2 Å². The van der Waals surface area contributed by atoms with Crippen molar-refractivity contribution in [3.05, 3.63) is 57.1 Å². The lowest BCUT2D eigenvalue weighted by molar-refractivity contribution is -0.384. The van der Waals surface area contributed by atoms with E-state index in [0.717, 1.165) is 0 Å². The van der Waals surface area contributed by atoms with Gasteiger partial charge in [-0.25, -0.2) is 0 Å². The van der Waals surface area contributed by atoms with E-state index in [4.69, 9.17) is 33.3 Å². The summed E-state index contributed by atoms with van der Waals surface area (Å²) >= 11 is 10.8. The molecule has 0 atom stereocenters. The van der Waals surface area contributed by atoms with Crippen molar-refractivity contribution in [2.24, 2.45) is 0 Å². The molecule has 0 saturated heterocycles. The number of nitro groups is 1. The largest absolute Gasteiger partial charge is 0.496 e. The van der Waals surface area contributed by atoms with E-state index in [1.165, 1.54) is 32.4 Å². The molecule has 0 aliphatic heterocycles. The minimum absolute atomic E-state index is 0.00531. The van der Waals surface area contributed by atoms with Crippen LogP contribution in [-0.2, 0) is 0 Å². The van der Waals surface area contributed by atoms with E-state index in [9.17, 15) is 14.9 Å². The van der Waals surface area contributed by atoms with E-state index in [1.54, 1.807) is 18.2 Å². The van der Waals surface area contributed by atoms with Gasteiger partial charge in [-0.1, -0.05) is 17.7 Å². The number of halogens is 1. The van der Waals surface area contributed by atoms with E-state index < -0.39 is 10.8 Å². The minimum atomic E-state index is -0.616. The van der Waals surface area contributed by atoms with Gasteiger partial charge in [0.2, 0.25) is 0 Å². The second kappa shape index (κ2) is 8.45. The highest BCUT2D eigenvalue weighted by molar-refractivity contribution is 7.80. The van der Waals surface area contributed by atoms with Crippen LogP contribution < -0.4 is 20.1 Å². The van der Waals surface area contributed by atoms with Gasteiger partial charge in [0.1, 0.15) is 22.1 Å². The quantitative estimate of drug-likeness (QED) is 0.454. The fourth-order valence-corrected chi connectivity index (χ4v) is 2.53. The fourth-order valence-electron chi connectivity index (χ4n) is 2.13. The number of amides is 1. The molecule has 0 aromatic heterocycles. The average Bonchev–Trinajstić information content (AvgIpc) is 2.62. The lowest BCUT2D eigenvalue weighted by atomic mass is 10.1. The molecule has 2 aromatic rings. The van der Waals surface area contributed by atoms with Crippen LogP contribution in [0.4, 0.5) is 11.4 Å². The Morgan fingerprint density at radius 2 is 1.81 bits per heavy atom. The maximum absolute atomic E-state index is 12.5. The Bertz CT molecular complexity index is 853. The first-order chi connectivity index (χ1) is 12.4. The number of rotatable bonds is 5. The summed E-state index contributed by atoms with van der Waals surface area (Å²) in [6.45, 7) is 0. The molecule has 0 fully saturated rings. The van der Waals surface area contributed by atoms with Crippen molar-refractivity contribution >= 4 is 46.2 Å². The van der Waals surface area contributed by atoms with Crippen LogP contribution in [0, 0.1) is 10.1 Å². The Hall–Kier alpha value is -2.91. The number of methoxy groups -OCH3 is 2. The van der Waals surface area contributed by atoms with Gasteiger partial charge in [0.05, 0.1) is 19.1 Å². The lowest BCUT2D eigenvalue weighted by Crippen LogP contribution is -2.34. The van der Waals surface area contributed by atoms with Gasteiger partial charge in [-0.05, 0) is 36.5 Å². The smallest absolute Gasteiger partial charge is 0.289 e. The van der Waals surface area contributed by atoms with E-state index in [1.807, 2.05) is 0 Å². The van der Waals surface area contributed by atoms with Crippen molar-refractivity contribution < 1.29 is 19.2 Å². The highest BCUT2D eigenvalue weighted by Gasteiger charge is 2.19. The Balaban J connectivity index is 2.17. The van der Waals surface area contributed by atoms with E-state index in [2.05, 4.69) is 10.6 Å². The zero-order valence-corrected chi connectivity index (χ0v) is 15.3. The maximum atomic E-state index is 12.5. The number of carbonyl (C=O) groups excluding carboxylic acids is 1. The second-order valence-corrected chi connectivity index (χ2v) is 5.68. The van der Waals surface area contributed by atoms with Crippen LogP contribution in [0.1, 0.15) is 10.4 Å². The number of ether oxygens (including phenoxy) is 2. The zero-order valence-electron chi connectivity index (χ0n) is 13.7. The molecular formula is C16H14ClN3O5S. The standard InChI is InChI=1S/C16H14ClN3O5S/c1-24-12-4-3-5-13(25-2)14(12)15(21)19-16(26)18-9-6-7-10(17)11(8-9)20(22)23/h3-8H,1-2H3,(H2,18,19,21,26). The van der Waals surface area contributed by atoms with Gasteiger partial charge in [0.25, 0.3) is 11.6 Å². The van der Waals surface area contributed by atoms with Gasteiger partial charge in [-0.2, -0.15) is 0 Å². The van der Waals surface area contributed by atoms with Crippen molar-refractivity contribution in [3.63, 3.8) is 0 Å². The van der Waals surface area contributed by atoms with Crippen molar-refractivity contribution in [1.82, 2.24) is 5.32 Å². The maximum Gasteiger partial charge on any atom is 0.289 e. The molecule has 2 aromatic carbocycles. The highest BCUT2D eigenvalue weighted by atomic mass is 35.5. The van der Waals surface area contributed by atoms with Crippen molar-refractivity contribution in [3.8, 4) is 11.5 Å². The molecule has 0 aliphatic carbocycles. The molecule has 0 aliphatic rings. The monoisotopic (exact) mass is 395 g/mol. The first kappa shape index (κ1) is 19.4. The van der Waals surface area contributed by atoms with E-state index >= 15 is 0 Å². The van der Waals surface area contributed by atoms with Crippen molar-refractivity contribution in [1.29, 1.82) is 0 Å². The highest BCUT2D eigenvalue weighted by Crippen LogP contribution is 2.29. The van der Waals surface area contributed by atoms with Crippen LogP contribution in [0.25, 0.3) is 0 Å². The lowest BCUT2D eigenvalue weighted by Gasteiger charge is -2.14. The Morgan fingerprint density at radius 3 is 2.35 bits per heavy atom. The first-order valence-corrected chi connectivity index (χ1v) is 7.93. The van der Waals surface area contributed by atoms with Gasteiger partial charge >= 0.3 is 0 Å². The molecule has 0 bridgehead atoms. The SMILES string of the molecule is COc1cccc(OC)c1C(=O)NC(=S)Nc1ccc(Cl)c([N+](=O)[O-])c1. The molecule has 0 saturated carbocycles. The van der Waals surface area contributed by atoms with Gasteiger partial charge in [-0.3, -0.25) is 20.2 Å². The summed E-state index contributed by atoms with van der Waals surface area (Å²) in [5, 5.41) is 16.0. The number of anilines is 1. The summed E-state index contributed by atoms with van der Waals surface area (Å²) in [5.74, 6) is 0.0684. The third kappa shape index (κ3) is 4.38. The fraction of sp³-hybridized carbons (Fsp3) is 0.125. The van der Waals surface area contributed by atoms with Gasteiger partial charge in [0, 0.05) is 11.8 Å². The van der Waals surface area contributed by atoms with Crippen molar-refractivity contribution in [2.75, 3.05) is 19.5 Å². The average molecular weight is 396 g/mol. The molecule has 0 spiro atoms. The number of nitro benzene ring substituents is 1. The number of carbonyl (C=O) groups is 1. The molecule has 2 N–H and O–H groups in total. The predicted molar refractivity (Wildman–Crippen MR) is 101 cm³/mol. The summed E-state index contributed by atoms with van der Waals surface area (Å²) in [5.41, 5.74) is 0.194. The number of hydrogen-bond acceptors (Lipinski definition) is 6. The minimum Gasteiger partial charge on any atom is -0.496 e. The third-order valence-electron chi connectivity index (χ3n) is 3.28. The molecule has 1 amide bonds. The normalized spacial score (nSPS) is 9.96. The number of hydrogen-bond donors (Lipinski definition) is 2. The summed E-state index contributed by atoms with van der Waals surface area (Å²) in [6.07, 6.45) is 0. The van der Waals surface area contributed by atoms with Crippen LogP contribution in [0.15, 0.2) is 36.4 Å². The molecule has 26 heavy (non-hydrogen) atoms. The van der Waals surface area contributed by atoms with Gasteiger partial charge in [-0.15, -0.1) is 0 Å². The van der Waals surface area contributed by atoms with Gasteiger partial charge in [0.15, 0.2) is 5.11 Å². The Morgan fingerprint density at radius 1 is 1.19 bits per heavy atom.